The summed E-state index contributed by atoms with van der Waals surface area (Å²) in [5.41, 5.74) is -1.54. The van der Waals surface area contributed by atoms with E-state index >= 15 is 0 Å². The molecule has 3 saturated carbocycles. The molecule has 4 fully saturated rings. The largest absolute Gasteiger partial charge is 0.457 e. The number of ether oxygens (including phenoxy) is 3. The highest BCUT2D eigenvalue weighted by Crippen LogP contribution is 2.69. The molecule has 5 rings (SSSR count). The van der Waals surface area contributed by atoms with Crippen molar-refractivity contribution in [2.75, 3.05) is 19.8 Å². The fourth-order valence-corrected chi connectivity index (χ4v) is 9.43. The van der Waals surface area contributed by atoms with Crippen LogP contribution in [0.5, 0.6) is 0 Å². The molecule has 1 saturated heterocycles. The zero-order valence-corrected chi connectivity index (χ0v) is 27.6. The number of allylic oxidation sites excluding steroid dienone is 4. The molecule has 13 heteroatoms. The van der Waals surface area contributed by atoms with Crippen molar-refractivity contribution < 1.29 is 48.4 Å². The molecule has 2 N–H and O–H groups in total. The number of aliphatic hydroxyl groups is 1. The predicted molar refractivity (Wildman–Crippen MR) is 166 cm³/mol. The number of hydrogen-bond donors (Lipinski definition) is 2. The summed E-state index contributed by atoms with van der Waals surface area (Å²) >= 11 is 0. The lowest BCUT2D eigenvalue weighted by Crippen LogP contribution is -2.63. The first-order valence-corrected chi connectivity index (χ1v) is 17.0. The molecule has 9 atom stereocenters. The van der Waals surface area contributed by atoms with Crippen molar-refractivity contribution in [3.63, 3.8) is 0 Å². The molecule has 5 aliphatic rings. The zero-order chi connectivity index (χ0) is 34.0. The highest BCUT2D eigenvalue weighted by atomic mass is 16.9. The second-order valence-corrected chi connectivity index (χ2v) is 14.2. The van der Waals surface area contributed by atoms with Crippen molar-refractivity contribution in [1.82, 2.24) is 5.32 Å². The van der Waals surface area contributed by atoms with Crippen LogP contribution in [0.4, 0.5) is 0 Å². The van der Waals surface area contributed by atoms with E-state index < -0.39 is 52.6 Å². The molecular weight excluding hydrogens is 612 g/mol. The number of nitrogens with zero attached hydrogens (tertiary/aromatic N) is 1. The van der Waals surface area contributed by atoms with Crippen LogP contribution >= 0.6 is 0 Å². The first-order valence-electron chi connectivity index (χ1n) is 17.0. The fourth-order valence-electron chi connectivity index (χ4n) is 9.43. The minimum Gasteiger partial charge on any atom is -0.457 e. The first kappa shape index (κ1) is 35.2. The molecule has 13 nitrogen and oxygen atoms in total. The fraction of sp³-hybridized carbons (Fsp3) is 0.765. The van der Waals surface area contributed by atoms with Gasteiger partial charge in [0.25, 0.3) is 5.09 Å². The van der Waals surface area contributed by atoms with Crippen LogP contribution in [0, 0.1) is 38.7 Å². The summed E-state index contributed by atoms with van der Waals surface area (Å²) in [7, 11) is 0. The summed E-state index contributed by atoms with van der Waals surface area (Å²) in [5.74, 6) is -1.30. The minimum atomic E-state index is -1.38. The van der Waals surface area contributed by atoms with E-state index in [1.54, 1.807) is 12.2 Å². The zero-order valence-electron chi connectivity index (χ0n) is 27.6. The van der Waals surface area contributed by atoms with Crippen molar-refractivity contribution in [2.45, 2.75) is 115 Å². The molecular formula is C34H48N2O11. The Morgan fingerprint density at radius 3 is 2.72 bits per heavy atom. The molecule has 0 radical (unpaired) electrons. The van der Waals surface area contributed by atoms with E-state index in [4.69, 9.17) is 14.2 Å². The van der Waals surface area contributed by atoms with Gasteiger partial charge in [-0.2, -0.15) is 0 Å². The molecule has 0 aromatic heterocycles. The Hall–Kier alpha value is -3.16. The second-order valence-electron chi connectivity index (χ2n) is 14.2. The van der Waals surface area contributed by atoms with E-state index in [1.165, 1.54) is 0 Å². The van der Waals surface area contributed by atoms with Crippen LogP contribution in [0.2, 0.25) is 0 Å². The number of aliphatic hydroxyl groups excluding tert-OH is 1. The molecule has 0 aromatic rings. The standard InChI is InChI=1S/C34H48N2O11/c1-4-8-30-46-27-18-24-23-11-10-21-17-22(37)12-14-32(21,2)31(23)25(38)19-33(24,3)34(27,47-30)26(39)20-44-29(41)13-15-35-28(40)9-6-5-7-16-45-36(42)43/h12,14,17,23-25,27,30-31,38H,4-11,13,15-16,18-20H2,1-3H3,(H,35,40)/t23-,24-,25-,27+,30?,31+,32-,33-,34?/m0/s1. The molecule has 1 amide bonds. The van der Waals surface area contributed by atoms with E-state index in [1.807, 2.05) is 19.9 Å². The summed E-state index contributed by atoms with van der Waals surface area (Å²) in [6.07, 6.45) is 8.94. The third kappa shape index (κ3) is 6.63. The number of carbonyl (C=O) groups is 4. The summed E-state index contributed by atoms with van der Waals surface area (Å²) in [6, 6.07) is 0. The van der Waals surface area contributed by atoms with Crippen LogP contribution in [0.1, 0.15) is 91.4 Å². The lowest BCUT2D eigenvalue weighted by Gasteiger charge is -2.59. The van der Waals surface area contributed by atoms with Crippen LogP contribution in [-0.4, -0.2) is 77.5 Å². The van der Waals surface area contributed by atoms with E-state index in [9.17, 15) is 34.4 Å². The van der Waals surface area contributed by atoms with Gasteiger partial charge in [0.2, 0.25) is 11.7 Å². The number of carbonyl (C=O) groups excluding carboxylic acids is 4. The van der Waals surface area contributed by atoms with Gasteiger partial charge in [-0.3, -0.25) is 19.2 Å². The summed E-state index contributed by atoms with van der Waals surface area (Å²) < 4.78 is 18.4. The SMILES string of the molecule is CCCC1O[C@@H]2C[C@H]3[C@@H]4CCC5=CC(=O)C=C[C@]5(C)[C@H]4[C@@H](O)C[C@]3(C)C2(C(=O)COC(=O)CCNC(=O)CCCCCO[N+](=O)[O-])O1. The van der Waals surface area contributed by atoms with Gasteiger partial charge in [-0.15, -0.1) is 10.1 Å². The monoisotopic (exact) mass is 660 g/mol. The third-order valence-corrected chi connectivity index (χ3v) is 11.5. The van der Waals surface area contributed by atoms with Gasteiger partial charge in [-0.25, -0.2) is 0 Å². The maximum Gasteiger partial charge on any atom is 0.308 e. The van der Waals surface area contributed by atoms with Crippen molar-refractivity contribution in [3.8, 4) is 0 Å². The summed E-state index contributed by atoms with van der Waals surface area (Å²) in [6.45, 7) is 5.67. The Morgan fingerprint density at radius 2 is 1.98 bits per heavy atom. The van der Waals surface area contributed by atoms with E-state index in [0.717, 1.165) is 24.8 Å². The molecule has 0 bridgehead atoms. The summed E-state index contributed by atoms with van der Waals surface area (Å²) in [5, 5.41) is 23.8. The predicted octanol–water partition coefficient (Wildman–Crippen LogP) is 3.54. The number of esters is 1. The average Bonchev–Trinajstić information content (AvgIpc) is 3.49. The Morgan fingerprint density at radius 1 is 1.19 bits per heavy atom. The van der Waals surface area contributed by atoms with Gasteiger partial charge in [0.15, 0.2) is 24.3 Å². The molecule has 1 heterocycles. The maximum atomic E-state index is 14.2. The van der Waals surface area contributed by atoms with Crippen molar-refractivity contribution in [1.29, 1.82) is 0 Å². The quantitative estimate of drug-likeness (QED) is 0.114. The van der Waals surface area contributed by atoms with Gasteiger partial charge < -0.3 is 29.5 Å². The molecule has 47 heavy (non-hydrogen) atoms. The lowest BCUT2D eigenvalue weighted by molar-refractivity contribution is -0.757. The van der Waals surface area contributed by atoms with Gasteiger partial charge in [-0.05, 0) is 68.9 Å². The Kier molecular flexibility index (Phi) is 10.6. The second kappa shape index (κ2) is 14.1. The number of rotatable bonds is 15. The van der Waals surface area contributed by atoms with E-state index in [2.05, 4.69) is 17.1 Å². The number of hydrogen-bond acceptors (Lipinski definition) is 11. The van der Waals surface area contributed by atoms with Crippen LogP contribution in [0.3, 0.4) is 0 Å². The van der Waals surface area contributed by atoms with Crippen molar-refractivity contribution in [3.05, 3.63) is 33.9 Å². The molecule has 0 spiro atoms. The van der Waals surface area contributed by atoms with Crippen LogP contribution in [-0.2, 0) is 38.2 Å². The number of amides is 1. The van der Waals surface area contributed by atoms with E-state index in [-0.39, 0.29) is 61.2 Å². The Bertz CT molecular complexity index is 1310. The van der Waals surface area contributed by atoms with Crippen molar-refractivity contribution in [2.24, 2.45) is 28.6 Å². The smallest absolute Gasteiger partial charge is 0.308 e. The number of nitrogens with one attached hydrogen (secondary N) is 1. The summed E-state index contributed by atoms with van der Waals surface area (Å²) in [4.78, 5) is 65.5. The topological polar surface area (TPSA) is 181 Å². The number of unbranched alkanes of at least 4 members (excludes halogenated alkanes) is 2. The highest BCUT2D eigenvalue weighted by Gasteiger charge is 2.75. The number of ketones is 2. The average molecular weight is 661 g/mol. The number of fused-ring (bicyclic) bond motifs is 7. The third-order valence-electron chi connectivity index (χ3n) is 11.5. The van der Waals surface area contributed by atoms with Crippen LogP contribution in [0.25, 0.3) is 0 Å². The van der Waals surface area contributed by atoms with Gasteiger partial charge in [0.05, 0.1) is 25.2 Å². The van der Waals surface area contributed by atoms with E-state index in [0.29, 0.717) is 38.5 Å². The highest BCUT2D eigenvalue weighted by molar-refractivity contribution is 6.01. The van der Waals surface area contributed by atoms with Gasteiger partial charge in [-0.1, -0.05) is 45.3 Å². The van der Waals surface area contributed by atoms with Crippen molar-refractivity contribution >= 4 is 23.4 Å². The van der Waals surface area contributed by atoms with Crippen LogP contribution < -0.4 is 5.32 Å². The molecule has 260 valence electrons. The van der Waals surface area contributed by atoms with Crippen LogP contribution in [0.15, 0.2) is 23.8 Å². The molecule has 4 aliphatic carbocycles. The maximum absolute atomic E-state index is 14.2. The first-order chi connectivity index (χ1) is 22.4. The molecule has 2 unspecified atom stereocenters. The number of Topliss-reactive ketones (excluding diaryl/α,β-unsaturated/α-hetero) is 1. The normalized spacial score (nSPS) is 36.8. The van der Waals surface area contributed by atoms with Gasteiger partial charge >= 0.3 is 5.97 Å². The lowest BCUT2D eigenvalue weighted by atomic mass is 9.46. The van der Waals surface area contributed by atoms with Gasteiger partial charge in [0.1, 0.15) is 0 Å². The Balaban J connectivity index is 1.21. The minimum absolute atomic E-state index is 0.0161. The molecule has 1 aliphatic heterocycles. The van der Waals surface area contributed by atoms with Gasteiger partial charge in [0, 0.05) is 29.7 Å². The molecule has 0 aromatic carbocycles. The Labute approximate surface area is 274 Å².